The number of halogens is 1. The number of hydrogen-bond donors (Lipinski definition) is 1. The lowest BCUT2D eigenvalue weighted by molar-refractivity contribution is -0.148. The molecule has 0 radical (unpaired) electrons. The maximum Gasteiger partial charge on any atom is 0.314 e. The van der Waals surface area contributed by atoms with Gasteiger partial charge in [0.1, 0.15) is 12.4 Å². The van der Waals surface area contributed by atoms with E-state index in [0.29, 0.717) is 24.3 Å². The second-order valence-corrected chi connectivity index (χ2v) is 9.25. The van der Waals surface area contributed by atoms with E-state index in [1.807, 2.05) is 0 Å². The Kier molecular flexibility index (Phi) is 6.03. The van der Waals surface area contributed by atoms with Crippen molar-refractivity contribution in [3.63, 3.8) is 0 Å². The molecule has 2 aliphatic heterocycles. The molecule has 0 saturated carbocycles. The van der Waals surface area contributed by atoms with Crippen LogP contribution in [0.25, 0.3) is 0 Å². The number of sulfonamides is 1. The Bertz CT molecular complexity index is 1110. The third-order valence-electron chi connectivity index (χ3n) is 5.23. The molecular weight excluding hydrogens is 427 g/mol. The van der Waals surface area contributed by atoms with Gasteiger partial charge in [-0.05, 0) is 35.4 Å². The highest BCUT2D eigenvalue weighted by Crippen LogP contribution is 2.33. The minimum atomic E-state index is -3.67. The number of rotatable bonds is 5. The van der Waals surface area contributed by atoms with Crippen LogP contribution in [0.3, 0.4) is 0 Å². The first-order valence-corrected chi connectivity index (χ1v) is 11.2. The van der Waals surface area contributed by atoms with E-state index in [1.54, 1.807) is 12.1 Å². The van der Waals surface area contributed by atoms with Crippen LogP contribution >= 0.6 is 0 Å². The minimum Gasteiger partial charge on any atom is -0.460 e. The van der Waals surface area contributed by atoms with E-state index in [0.717, 1.165) is 6.07 Å². The molecule has 2 heterocycles. The van der Waals surface area contributed by atoms with E-state index in [9.17, 15) is 22.4 Å². The molecule has 0 spiro atoms. The molecule has 31 heavy (non-hydrogen) atoms. The molecule has 2 aromatic carbocycles. The van der Waals surface area contributed by atoms with Crippen molar-refractivity contribution in [3.8, 4) is 0 Å². The predicted molar refractivity (Wildman–Crippen MR) is 108 cm³/mol. The average molecular weight is 448 g/mol. The highest BCUT2D eigenvalue weighted by atomic mass is 32.2. The summed E-state index contributed by atoms with van der Waals surface area (Å²) in [6, 6.07) is 10.0. The number of esters is 1. The van der Waals surface area contributed by atoms with Crippen LogP contribution in [0.15, 0.2) is 47.4 Å². The second kappa shape index (κ2) is 8.74. The Labute approximate surface area is 179 Å². The van der Waals surface area contributed by atoms with Gasteiger partial charge < -0.3 is 14.8 Å². The van der Waals surface area contributed by atoms with Crippen LogP contribution in [-0.4, -0.2) is 50.9 Å². The SMILES string of the molecule is O=C1CC(C(=O)OCc2cccc(S(=O)(=O)N3CCOCC3)c2)c2ccc(F)cc2N1. The summed E-state index contributed by atoms with van der Waals surface area (Å²) < 4.78 is 51.0. The molecule has 2 aromatic rings. The predicted octanol–water partition coefficient (Wildman–Crippen LogP) is 2.02. The van der Waals surface area contributed by atoms with Crippen molar-refractivity contribution >= 4 is 27.6 Å². The van der Waals surface area contributed by atoms with E-state index in [-0.39, 0.29) is 36.7 Å². The fourth-order valence-corrected chi connectivity index (χ4v) is 5.11. The lowest BCUT2D eigenvalue weighted by Gasteiger charge is -2.26. The number of amides is 1. The van der Waals surface area contributed by atoms with Gasteiger partial charge in [-0.3, -0.25) is 9.59 Å². The molecule has 0 bridgehead atoms. The van der Waals surface area contributed by atoms with Gasteiger partial charge in [0.05, 0.1) is 24.0 Å². The van der Waals surface area contributed by atoms with Gasteiger partial charge in [0.2, 0.25) is 15.9 Å². The summed E-state index contributed by atoms with van der Waals surface area (Å²) in [6.07, 6.45) is -0.108. The highest BCUT2D eigenvalue weighted by Gasteiger charge is 2.32. The van der Waals surface area contributed by atoms with Crippen LogP contribution in [0.2, 0.25) is 0 Å². The monoisotopic (exact) mass is 448 g/mol. The van der Waals surface area contributed by atoms with Gasteiger partial charge in [-0.1, -0.05) is 18.2 Å². The maximum absolute atomic E-state index is 13.5. The van der Waals surface area contributed by atoms with Gasteiger partial charge in [-0.15, -0.1) is 0 Å². The van der Waals surface area contributed by atoms with Gasteiger partial charge >= 0.3 is 5.97 Å². The fraction of sp³-hybridized carbons (Fsp3) is 0.333. The number of carbonyl (C=O) groups excluding carboxylic acids is 2. The van der Waals surface area contributed by atoms with Gasteiger partial charge in [-0.25, -0.2) is 12.8 Å². The molecule has 0 aliphatic carbocycles. The highest BCUT2D eigenvalue weighted by molar-refractivity contribution is 7.89. The molecule has 1 fully saturated rings. The topological polar surface area (TPSA) is 102 Å². The van der Waals surface area contributed by atoms with Crippen molar-refractivity contribution in [2.24, 2.45) is 0 Å². The Morgan fingerprint density at radius 1 is 1.19 bits per heavy atom. The van der Waals surface area contributed by atoms with E-state index in [2.05, 4.69) is 5.32 Å². The van der Waals surface area contributed by atoms with Crippen molar-refractivity contribution in [1.82, 2.24) is 4.31 Å². The summed E-state index contributed by atoms with van der Waals surface area (Å²) >= 11 is 0. The Morgan fingerprint density at radius 2 is 1.97 bits per heavy atom. The molecule has 10 heteroatoms. The zero-order valence-electron chi connectivity index (χ0n) is 16.5. The summed E-state index contributed by atoms with van der Waals surface area (Å²) in [4.78, 5) is 24.7. The van der Waals surface area contributed by atoms with Crippen LogP contribution in [0.1, 0.15) is 23.5 Å². The molecular formula is C21H21FN2O6S. The van der Waals surface area contributed by atoms with Crippen LogP contribution in [0, 0.1) is 5.82 Å². The average Bonchev–Trinajstić information content (AvgIpc) is 2.77. The normalized spacial score (nSPS) is 19.4. The second-order valence-electron chi connectivity index (χ2n) is 7.31. The molecule has 1 atom stereocenters. The van der Waals surface area contributed by atoms with Gasteiger partial charge in [0.25, 0.3) is 0 Å². The third kappa shape index (κ3) is 4.60. The quantitative estimate of drug-likeness (QED) is 0.703. The summed E-state index contributed by atoms with van der Waals surface area (Å²) in [5, 5.41) is 2.55. The fourth-order valence-electron chi connectivity index (χ4n) is 3.63. The minimum absolute atomic E-state index is 0.108. The summed E-state index contributed by atoms with van der Waals surface area (Å²) in [5.74, 6) is -2.42. The molecule has 1 saturated heterocycles. The van der Waals surface area contributed by atoms with Gasteiger partial charge in [0.15, 0.2) is 0 Å². The number of nitrogens with one attached hydrogen (secondary N) is 1. The zero-order chi connectivity index (χ0) is 22.0. The maximum atomic E-state index is 13.5. The molecule has 1 N–H and O–H groups in total. The summed E-state index contributed by atoms with van der Waals surface area (Å²) in [6.45, 7) is 1.10. The van der Waals surface area contributed by atoms with Crippen molar-refractivity contribution in [1.29, 1.82) is 0 Å². The smallest absolute Gasteiger partial charge is 0.314 e. The Balaban J connectivity index is 1.47. The molecule has 4 rings (SSSR count). The first-order valence-electron chi connectivity index (χ1n) is 9.77. The Hall–Kier alpha value is -2.82. The van der Waals surface area contributed by atoms with Crippen molar-refractivity contribution in [2.75, 3.05) is 31.6 Å². The number of carbonyl (C=O) groups is 2. The molecule has 2 aliphatic rings. The van der Waals surface area contributed by atoms with Crippen LogP contribution in [0.4, 0.5) is 10.1 Å². The molecule has 1 amide bonds. The van der Waals surface area contributed by atoms with E-state index >= 15 is 0 Å². The van der Waals surface area contributed by atoms with Crippen LogP contribution < -0.4 is 5.32 Å². The summed E-state index contributed by atoms with van der Waals surface area (Å²) in [7, 11) is -3.67. The molecule has 8 nitrogen and oxygen atoms in total. The molecule has 1 unspecified atom stereocenters. The number of morpholine rings is 1. The van der Waals surface area contributed by atoms with Gasteiger partial charge in [-0.2, -0.15) is 4.31 Å². The van der Waals surface area contributed by atoms with Gasteiger partial charge in [0, 0.05) is 25.2 Å². The molecule has 164 valence electrons. The molecule has 0 aromatic heterocycles. The van der Waals surface area contributed by atoms with E-state index in [1.165, 1.54) is 28.6 Å². The van der Waals surface area contributed by atoms with Crippen molar-refractivity contribution in [2.45, 2.75) is 23.8 Å². The standard InChI is InChI=1S/C21H21FN2O6S/c22-15-4-5-17-18(12-20(25)23-19(17)11-15)21(26)30-13-14-2-1-3-16(10-14)31(27,28)24-6-8-29-9-7-24/h1-5,10-11,18H,6-9,12-13H2,(H,23,25). The first-order chi connectivity index (χ1) is 14.8. The number of fused-ring (bicyclic) bond motifs is 1. The zero-order valence-corrected chi connectivity index (χ0v) is 17.4. The number of benzene rings is 2. The van der Waals surface area contributed by atoms with Crippen molar-refractivity contribution in [3.05, 3.63) is 59.4 Å². The Morgan fingerprint density at radius 3 is 2.74 bits per heavy atom. The lowest BCUT2D eigenvalue weighted by atomic mass is 9.90. The number of nitrogens with zero attached hydrogens (tertiary/aromatic N) is 1. The number of anilines is 1. The first kappa shape index (κ1) is 21.4. The number of ether oxygens (including phenoxy) is 2. The third-order valence-corrected chi connectivity index (χ3v) is 7.12. The lowest BCUT2D eigenvalue weighted by Crippen LogP contribution is -2.40. The van der Waals surface area contributed by atoms with E-state index < -0.39 is 33.6 Å². The largest absolute Gasteiger partial charge is 0.460 e. The van der Waals surface area contributed by atoms with E-state index in [4.69, 9.17) is 9.47 Å². The van der Waals surface area contributed by atoms with Crippen molar-refractivity contribution < 1.29 is 31.9 Å². The summed E-state index contributed by atoms with van der Waals surface area (Å²) in [5.41, 5.74) is 1.23. The van der Waals surface area contributed by atoms with Crippen LogP contribution in [0.5, 0.6) is 0 Å². The number of hydrogen-bond acceptors (Lipinski definition) is 6. The van der Waals surface area contributed by atoms with Crippen LogP contribution in [-0.2, 0) is 35.7 Å².